The fourth-order valence-electron chi connectivity index (χ4n) is 3.38. The molecule has 0 saturated carbocycles. The number of carbonyl (C=O) groups excluding carboxylic acids is 2. The number of nitrogens with zero attached hydrogens (tertiary/aromatic N) is 3. The zero-order chi connectivity index (χ0) is 19.6. The summed E-state index contributed by atoms with van der Waals surface area (Å²) in [7, 11) is -1.77. The van der Waals surface area contributed by atoms with Crippen LogP contribution in [0.15, 0.2) is 29.2 Å². The van der Waals surface area contributed by atoms with E-state index in [9.17, 15) is 18.0 Å². The molecule has 2 heterocycles. The average Bonchev–Trinajstić information content (AvgIpc) is 2.67. The number of piperazine rings is 2. The Hall–Kier alpha value is -2.01. The minimum Gasteiger partial charge on any atom is -0.354 e. The molecule has 2 amide bonds. The van der Waals surface area contributed by atoms with Gasteiger partial charge in [0.2, 0.25) is 15.9 Å². The molecule has 0 spiro atoms. The molecule has 0 aliphatic carbocycles. The minimum absolute atomic E-state index is 0.0634. The molecule has 9 nitrogen and oxygen atoms in total. The van der Waals surface area contributed by atoms with Crippen LogP contribution in [0.25, 0.3) is 0 Å². The SMILES string of the molecule is CN1CCN(C(=O)c2ccc(S(=O)(=O)N3CCNC(=O)C3)cc2)C(CN)C1. The zero-order valence-electron chi connectivity index (χ0n) is 15.3. The summed E-state index contributed by atoms with van der Waals surface area (Å²) in [6, 6.07) is 5.81. The summed E-state index contributed by atoms with van der Waals surface area (Å²) in [6.07, 6.45) is 0. The van der Waals surface area contributed by atoms with Gasteiger partial charge in [-0.3, -0.25) is 9.59 Å². The average molecular weight is 395 g/mol. The van der Waals surface area contributed by atoms with Crippen LogP contribution >= 0.6 is 0 Å². The Balaban J connectivity index is 1.76. The second kappa shape index (κ2) is 7.93. The maximum Gasteiger partial charge on any atom is 0.254 e. The highest BCUT2D eigenvalue weighted by Gasteiger charge is 2.31. The van der Waals surface area contributed by atoms with E-state index in [1.54, 1.807) is 4.90 Å². The van der Waals surface area contributed by atoms with Crippen LogP contribution in [0.5, 0.6) is 0 Å². The molecule has 148 valence electrons. The smallest absolute Gasteiger partial charge is 0.254 e. The molecule has 3 N–H and O–H groups in total. The predicted octanol–water partition coefficient (Wildman–Crippen LogP) is -1.48. The van der Waals surface area contributed by atoms with Gasteiger partial charge in [0, 0.05) is 44.8 Å². The predicted molar refractivity (Wildman–Crippen MR) is 99.6 cm³/mol. The van der Waals surface area contributed by atoms with Gasteiger partial charge >= 0.3 is 0 Å². The Morgan fingerprint density at radius 3 is 2.56 bits per heavy atom. The highest BCUT2D eigenvalue weighted by atomic mass is 32.2. The molecule has 0 radical (unpaired) electrons. The van der Waals surface area contributed by atoms with Crippen molar-refractivity contribution in [3.63, 3.8) is 0 Å². The molecule has 2 saturated heterocycles. The van der Waals surface area contributed by atoms with Gasteiger partial charge < -0.3 is 20.9 Å². The number of benzene rings is 1. The van der Waals surface area contributed by atoms with E-state index >= 15 is 0 Å². The van der Waals surface area contributed by atoms with E-state index in [-0.39, 0.29) is 35.8 Å². The number of sulfonamides is 1. The largest absolute Gasteiger partial charge is 0.354 e. The van der Waals surface area contributed by atoms with E-state index in [0.29, 0.717) is 31.7 Å². The van der Waals surface area contributed by atoms with Crippen molar-refractivity contribution in [1.82, 2.24) is 19.4 Å². The van der Waals surface area contributed by atoms with E-state index in [1.165, 1.54) is 24.3 Å². The molecule has 27 heavy (non-hydrogen) atoms. The fraction of sp³-hybridized carbons (Fsp3) is 0.529. The van der Waals surface area contributed by atoms with E-state index in [2.05, 4.69) is 10.2 Å². The Morgan fingerprint density at radius 1 is 1.22 bits per heavy atom. The molecule has 0 aromatic heterocycles. The molecular formula is C17H25N5O4S. The Bertz CT molecular complexity index is 811. The third-order valence-electron chi connectivity index (χ3n) is 4.96. The van der Waals surface area contributed by atoms with Crippen LogP contribution in [-0.4, -0.2) is 93.2 Å². The van der Waals surface area contributed by atoms with Gasteiger partial charge in [0.15, 0.2) is 0 Å². The lowest BCUT2D eigenvalue weighted by atomic mass is 10.1. The van der Waals surface area contributed by atoms with Gasteiger partial charge in [0.05, 0.1) is 17.5 Å². The van der Waals surface area contributed by atoms with Gasteiger partial charge in [-0.15, -0.1) is 0 Å². The molecule has 2 aliphatic rings. The monoisotopic (exact) mass is 395 g/mol. The maximum atomic E-state index is 12.8. The van der Waals surface area contributed by atoms with E-state index in [4.69, 9.17) is 5.73 Å². The highest BCUT2D eigenvalue weighted by Crippen LogP contribution is 2.19. The molecule has 2 fully saturated rings. The number of hydrogen-bond acceptors (Lipinski definition) is 6. The summed E-state index contributed by atoms with van der Waals surface area (Å²) >= 11 is 0. The number of hydrogen-bond donors (Lipinski definition) is 2. The van der Waals surface area contributed by atoms with Crippen molar-refractivity contribution >= 4 is 21.8 Å². The normalized spacial score (nSPS) is 22.5. The van der Waals surface area contributed by atoms with Crippen LogP contribution in [-0.2, 0) is 14.8 Å². The van der Waals surface area contributed by atoms with Crippen molar-refractivity contribution in [2.75, 3.05) is 52.9 Å². The van der Waals surface area contributed by atoms with Crippen LogP contribution in [0.1, 0.15) is 10.4 Å². The molecule has 10 heteroatoms. The van der Waals surface area contributed by atoms with Crippen LogP contribution in [0.2, 0.25) is 0 Å². The Morgan fingerprint density at radius 2 is 1.93 bits per heavy atom. The van der Waals surface area contributed by atoms with Crippen LogP contribution < -0.4 is 11.1 Å². The van der Waals surface area contributed by atoms with Gasteiger partial charge in [0.1, 0.15) is 0 Å². The van der Waals surface area contributed by atoms with Crippen molar-refractivity contribution in [3.8, 4) is 0 Å². The van der Waals surface area contributed by atoms with Crippen molar-refractivity contribution < 1.29 is 18.0 Å². The second-order valence-electron chi connectivity index (χ2n) is 6.86. The van der Waals surface area contributed by atoms with E-state index < -0.39 is 10.0 Å². The van der Waals surface area contributed by atoms with Crippen LogP contribution in [0, 0.1) is 0 Å². The molecule has 1 aromatic rings. The van der Waals surface area contributed by atoms with Crippen molar-refractivity contribution in [3.05, 3.63) is 29.8 Å². The van der Waals surface area contributed by atoms with Crippen LogP contribution in [0.4, 0.5) is 0 Å². The third kappa shape index (κ3) is 4.13. The van der Waals surface area contributed by atoms with Gasteiger partial charge in [-0.1, -0.05) is 0 Å². The number of nitrogens with one attached hydrogen (secondary N) is 1. The number of carbonyl (C=O) groups is 2. The zero-order valence-corrected chi connectivity index (χ0v) is 16.1. The summed E-state index contributed by atoms with van der Waals surface area (Å²) in [5.74, 6) is -0.473. The van der Waals surface area contributed by atoms with Crippen molar-refractivity contribution in [2.45, 2.75) is 10.9 Å². The van der Waals surface area contributed by atoms with Crippen LogP contribution in [0.3, 0.4) is 0 Å². The number of rotatable bonds is 4. The molecule has 1 atom stereocenters. The van der Waals surface area contributed by atoms with Gasteiger partial charge in [0.25, 0.3) is 5.91 Å². The lowest BCUT2D eigenvalue weighted by Gasteiger charge is -2.39. The summed E-state index contributed by atoms with van der Waals surface area (Å²) in [5, 5.41) is 2.60. The quantitative estimate of drug-likeness (QED) is 0.643. The fourth-order valence-corrected chi connectivity index (χ4v) is 4.78. The first kappa shape index (κ1) is 19.7. The Kier molecular flexibility index (Phi) is 5.80. The van der Waals surface area contributed by atoms with E-state index in [0.717, 1.165) is 10.8 Å². The molecule has 0 bridgehead atoms. The molecule has 3 rings (SSSR count). The number of amides is 2. The maximum absolute atomic E-state index is 12.8. The molecular weight excluding hydrogens is 370 g/mol. The highest BCUT2D eigenvalue weighted by molar-refractivity contribution is 7.89. The van der Waals surface area contributed by atoms with Gasteiger partial charge in [-0.05, 0) is 31.3 Å². The summed E-state index contributed by atoms with van der Waals surface area (Å²) < 4.78 is 26.5. The lowest BCUT2D eigenvalue weighted by Crippen LogP contribution is -2.56. The lowest BCUT2D eigenvalue weighted by molar-refractivity contribution is -0.122. The standard InChI is InChI=1S/C17H25N5O4S/c1-20-8-9-22(14(10-18)11-20)17(24)13-2-4-15(5-3-13)27(25,26)21-7-6-19-16(23)12-21/h2-5,14H,6-12,18H2,1H3,(H,19,23). The van der Waals surface area contributed by atoms with Crippen molar-refractivity contribution in [1.29, 1.82) is 0 Å². The first-order chi connectivity index (χ1) is 12.8. The third-order valence-corrected chi connectivity index (χ3v) is 6.82. The molecule has 1 aromatic carbocycles. The Labute approximate surface area is 159 Å². The summed E-state index contributed by atoms with van der Waals surface area (Å²) in [6.45, 7) is 2.77. The second-order valence-corrected chi connectivity index (χ2v) is 8.80. The first-order valence-corrected chi connectivity index (χ1v) is 10.3. The summed E-state index contributed by atoms with van der Waals surface area (Å²) in [4.78, 5) is 28.2. The van der Waals surface area contributed by atoms with E-state index in [1.807, 2.05) is 7.05 Å². The van der Waals surface area contributed by atoms with Gasteiger partial charge in [-0.25, -0.2) is 8.42 Å². The summed E-state index contributed by atoms with van der Waals surface area (Å²) in [5.41, 5.74) is 6.23. The molecule has 2 aliphatic heterocycles. The van der Waals surface area contributed by atoms with Crippen molar-refractivity contribution in [2.24, 2.45) is 5.73 Å². The first-order valence-electron chi connectivity index (χ1n) is 8.89. The topological polar surface area (TPSA) is 116 Å². The number of likely N-dealkylation sites (N-methyl/N-ethyl adjacent to an activating group) is 1. The molecule has 1 unspecified atom stereocenters. The minimum atomic E-state index is -3.76. The number of nitrogens with two attached hydrogens (primary N) is 1. The van der Waals surface area contributed by atoms with Gasteiger partial charge in [-0.2, -0.15) is 4.31 Å².